The van der Waals surface area contributed by atoms with E-state index in [9.17, 15) is 0 Å². The number of nitrogens with zero attached hydrogens (tertiary/aromatic N) is 2. The number of piperidine rings is 1. The number of hydrogen-bond donors (Lipinski definition) is 2. The van der Waals surface area contributed by atoms with Crippen LogP contribution in [0.15, 0.2) is 72.4 Å². The minimum Gasteiger partial charge on any atom is -0.317 e. The molecular weight excluding hydrogens is 326 g/mol. The zero-order valence-electron chi connectivity index (χ0n) is 14.4. The topological polar surface area (TPSA) is 27.6 Å². The van der Waals surface area contributed by atoms with E-state index >= 15 is 0 Å². The van der Waals surface area contributed by atoms with Crippen LogP contribution in [0.4, 0.5) is 0 Å². The first kappa shape index (κ1) is 17.8. The van der Waals surface area contributed by atoms with Crippen LogP contribution in [0.3, 0.4) is 0 Å². The largest absolute Gasteiger partial charge is 0.317 e. The van der Waals surface area contributed by atoms with E-state index in [4.69, 9.17) is 17.7 Å². The van der Waals surface area contributed by atoms with Crippen molar-refractivity contribution in [2.45, 2.75) is 24.3 Å². The summed E-state index contributed by atoms with van der Waals surface area (Å²) in [5.41, 5.74) is 1.20. The van der Waals surface area contributed by atoms with Gasteiger partial charge >= 0.3 is 0 Å². The summed E-state index contributed by atoms with van der Waals surface area (Å²) in [5, 5.41) is 12.7. The summed E-state index contributed by atoms with van der Waals surface area (Å²) < 4.78 is 0. The van der Waals surface area contributed by atoms with Gasteiger partial charge in [0.15, 0.2) is 0 Å². The SMILES string of the molecule is C=C/C=C\C=N/N(C1CCNCC1)C(S)c1cccc2ccccc12. The van der Waals surface area contributed by atoms with E-state index in [1.165, 1.54) is 16.3 Å². The second kappa shape index (κ2) is 8.88. The number of nitrogens with one attached hydrogen (secondary N) is 1. The average Bonchev–Trinajstić information content (AvgIpc) is 2.68. The molecule has 1 atom stereocenters. The van der Waals surface area contributed by atoms with Crippen molar-refractivity contribution in [3.05, 3.63) is 72.8 Å². The molecule has 1 saturated heterocycles. The Kier molecular flexibility index (Phi) is 6.31. The van der Waals surface area contributed by atoms with E-state index in [1.54, 1.807) is 6.08 Å². The third-order valence-corrected chi connectivity index (χ3v) is 5.08. The first-order valence-corrected chi connectivity index (χ1v) is 9.29. The highest BCUT2D eigenvalue weighted by Gasteiger charge is 2.26. The highest BCUT2D eigenvalue weighted by Crippen LogP contribution is 2.34. The van der Waals surface area contributed by atoms with Gasteiger partial charge in [0, 0.05) is 6.21 Å². The number of benzene rings is 2. The summed E-state index contributed by atoms with van der Waals surface area (Å²) in [7, 11) is 0. The lowest BCUT2D eigenvalue weighted by molar-refractivity contribution is 0.158. The van der Waals surface area contributed by atoms with Crippen molar-refractivity contribution in [1.82, 2.24) is 10.3 Å². The third kappa shape index (κ3) is 4.33. The van der Waals surface area contributed by atoms with Crippen molar-refractivity contribution in [3.8, 4) is 0 Å². The molecule has 4 heteroatoms. The predicted octanol–water partition coefficient (Wildman–Crippen LogP) is 4.55. The Labute approximate surface area is 155 Å². The summed E-state index contributed by atoms with van der Waals surface area (Å²) in [6, 6.07) is 15.2. The number of hydrazone groups is 1. The molecule has 3 nitrogen and oxygen atoms in total. The maximum Gasteiger partial charge on any atom is 0.115 e. The van der Waals surface area contributed by atoms with Gasteiger partial charge in [-0.15, -0.1) is 12.6 Å². The Bertz CT molecular complexity index is 757. The van der Waals surface area contributed by atoms with Crippen LogP contribution in [-0.2, 0) is 0 Å². The minimum atomic E-state index is -0.0809. The fraction of sp³-hybridized carbons (Fsp3) is 0.286. The monoisotopic (exact) mass is 351 g/mol. The van der Waals surface area contributed by atoms with Crippen LogP contribution >= 0.6 is 12.6 Å². The van der Waals surface area contributed by atoms with Gasteiger partial charge in [0.25, 0.3) is 0 Å². The van der Waals surface area contributed by atoms with Gasteiger partial charge in [-0.2, -0.15) is 5.10 Å². The zero-order chi connectivity index (χ0) is 17.5. The first-order chi connectivity index (χ1) is 12.3. The average molecular weight is 352 g/mol. The normalized spacial score (nSPS) is 17.3. The molecule has 2 aromatic carbocycles. The minimum absolute atomic E-state index is 0.0809. The Morgan fingerprint density at radius 2 is 1.88 bits per heavy atom. The molecule has 2 aromatic rings. The maximum absolute atomic E-state index is 4.97. The van der Waals surface area contributed by atoms with Gasteiger partial charge in [-0.1, -0.05) is 61.2 Å². The molecule has 1 aliphatic heterocycles. The fourth-order valence-electron chi connectivity index (χ4n) is 3.29. The molecule has 0 radical (unpaired) electrons. The number of allylic oxidation sites excluding steroid dienone is 3. The fourth-order valence-corrected chi connectivity index (χ4v) is 3.76. The van der Waals surface area contributed by atoms with E-state index in [2.05, 4.69) is 59.4 Å². The van der Waals surface area contributed by atoms with E-state index in [1.807, 2.05) is 18.4 Å². The molecule has 130 valence electrons. The molecule has 0 saturated carbocycles. The van der Waals surface area contributed by atoms with Gasteiger partial charge in [0.1, 0.15) is 5.37 Å². The maximum atomic E-state index is 4.97. The molecule has 1 unspecified atom stereocenters. The van der Waals surface area contributed by atoms with Gasteiger partial charge in [0.2, 0.25) is 0 Å². The van der Waals surface area contributed by atoms with Crippen LogP contribution in [0.25, 0.3) is 10.8 Å². The van der Waals surface area contributed by atoms with Crippen molar-refractivity contribution >= 4 is 29.6 Å². The lowest BCUT2D eigenvalue weighted by Crippen LogP contribution is -2.41. The number of hydrogen-bond acceptors (Lipinski definition) is 4. The zero-order valence-corrected chi connectivity index (χ0v) is 15.3. The second-order valence-electron chi connectivity index (χ2n) is 6.19. The van der Waals surface area contributed by atoms with Crippen LogP contribution in [0.2, 0.25) is 0 Å². The summed E-state index contributed by atoms with van der Waals surface area (Å²) in [6.07, 6.45) is 9.52. The highest BCUT2D eigenvalue weighted by atomic mass is 32.1. The van der Waals surface area contributed by atoms with Crippen LogP contribution in [-0.4, -0.2) is 30.4 Å². The van der Waals surface area contributed by atoms with Crippen LogP contribution in [0.5, 0.6) is 0 Å². The Hall–Kier alpha value is -2.04. The predicted molar refractivity (Wildman–Crippen MR) is 111 cm³/mol. The standard InChI is InChI=1S/C21H25N3S/c1-2-3-6-14-23-24(18-12-15-22-16-13-18)21(25)20-11-7-9-17-8-4-5-10-19(17)20/h2-11,14,18,21-22,25H,1,12-13,15-16H2/b6-3-,23-14-. The van der Waals surface area contributed by atoms with Crippen molar-refractivity contribution in [2.75, 3.05) is 13.1 Å². The first-order valence-electron chi connectivity index (χ1n) is 8.77. The summed E-state index contributed by atoms with van der Waals surface area (Å²) in [5.74, 6) is 0. The van der Waals surface area contributed by atoms with E-state index in [-0.39, 0.29) is 5.37 Å². The second-order valence-corrected chi connectivity index (χ2v) is 6.68. The molecule has 0 aromatic heterocycles. The van der Waals surface area contributed by atoms with E-state index in [0.717, 1.165) is 25.9 Å². The summed E-state index contributed by atoms with van der Waals surface area (Å²) in [4.78, 5) is 0. The molecule has 0 aliphatic carbocycles. The van der Waals surface area contributed by atoms with Gasteiger partial charge < -0.3 is 5.32 Å². The third-order valence-electron chi connectivity index (χ3n) is 4.57. The molecule has 1 N–H and O–H groups in total. The van der Waals surface area contributed by atoms with E-state index < -0.39 is 0 Å². The Morgan fingerprint density at radius 1 is 1.12 bits per heavy atom. The van der Waals surface area contributed by atoms with Crippen molar-refractivity contribution in [2.24, 2.45) is 5.10 Å². The van der Waals surface area contributed by atoms with Gasteiger partial charge in [-0.3, -0.25) is 5.01 Å². The Balaban J connectivity index is 1.94. The Morgan fingerprint density at radius 3 is 2.68 bits per heavy atom. The van der Waals surface area contributed by atoms with Crippen LogP contribution < -0.4 is 5.32 Å². The van der Waals surface area contributed by atoms with Gasteiger partial charge in [0.05, 0.1) is 6.04 Å². The van der Waals surface area contributed by atoms with Crippen molar-refractivity contribution in [3.63, 3.8) is 0 Å². The van der Waals surface area contributed by atoms with Gasteiger partial charge in [-0.05, 0) is 48.3 Å². The molecule has 3 rings (SSSR count). The highest BCUT2D eigenvalue weighted by molar-refractivity contribution is 7.80. The molecule has 1 fully saturated rings. The van der Waals surface area contributed by atoms with Gasteiger partial charge in [-0.25, -0.2) is 0 Å². The smallest absolute Gasteiger partial charge is 0.115 e. The number of fused-ring (bicyclic) bond motifs is 1. The number of thiol groups is 1. The quantitative estimate of drug-likeness (QED) is 0.263. The van der Waals surface area contributed by atoms with Crippen LogP contribution in [0.1, 0.15) is 23.8 Å². The van der Waals surface area contributed by atoms with Crippen molar-refractivity contribution in [1.29, 1.82) is 0 Å². The molecular formula is C21H25N3S. The lowest BCUT2D eigenvalue weighted by Gasteiger charge is -2.36. The lowest BCUT2D eigenvalue weighted by atomic mass is 10.0. The van der Waals surface area contributed by atoms with Crippen LogP contribution in [0, 0.1) is 0 Å². The molecule has 0 bridgehead atoms. The molecule has 0 spiro atoms. The molecule has 1 heterocycles. The van der Waals surface area contributed by atoms with Crippen molar-refractivity contribution < 1.29 is 0 Å². The number of rotatable bonds is 6. The molecule has 0 amide bonds. The molecule has 1 aliphatic rings. The van der Waals surface area contributed by atoms with E-state index in [0.29, 0.717) is 6.04 Å². The molecule has 25 heavy (non-hydrogen) atoms. The summed E-state index contributed by atoms with van der Waals surface area (Å²) in [6.45, 7) is 5.74. The summed E-state index contributed by atoms with van der Waals surface area (Å²) >= 11 is 4.97.